The first-order chi connectivity index (χ1) is 8.58. The van der Waals surface area contributed by atoms with Gasteiger partial charge in [0, 0.05) is 5.92 Å². The van der Waals surface area contributed by atoms with Crippen LogP contribution in [-0.4, -0.2) is 48.1 Å². The summed E-state index contributed by atoms with van der Waals surface area (Å²) >= 11 is 0. The molecule has 0 spiro atoms. The normalized spacial score (nSPS) is 13.8. The molecule has 0 saturated carbocycles. The summed E-state index contributed by atoms with van der Waals surface area (Å²) in [5.74, 6) is -1.51. The van der Waals surface area contributed by atoms with Gasteiger partial charge in [-0.25, -0.2) is 9.59 Å². The molecule has 0 amide bonds. The Kier molecular flexibility index (Phi) is 9.22. The maximum absolute atomic E-state index is 11.1. The van der Waals surface area contributed by atoms with Crippen LogP contribution in [0.4, 0.5) is 0 Å². The number of carbonyl (C=O) groups is 2. The first kappa shape index (κ1) is 16.9. The number of aliphatic hydroxyl groups is 2. The van der Waals surface area contributed by atoms with Crippen molar-refractivity contribution in [1.29, 1.82) is 0 Å². The number of rotatable bonds is 9. The van der Waals surface area contributed by atoms with Crippen molar-refractivity contribution in [2.75, 3.05) is 19.8 Å². The van der Waals surface area contributed by atoms with E-state index in [-0.39, 0.29) is 18.6 Å². The van der Waals surface area contributed by atoms with E-state index in [0.717, 1.165) is 6.42 Å². The number of esters is 2. The van der Waals surface area contributed by atoms with Crippen molar-refractivity contribution < 1.29 is 29.3 Å². The van der Waals surface area contributed by atoms with Crippen LogP contribution in [0.25, 0.3) is 0 Å². The van der Waals surface area contributed by atoms with Gasteiger partial charge < -0.3 is 19.7 Å². The van der Waals surface area contributed by atoms with Gasteiger partial charge >= 0.3 is 11.9 Å². The fourth-order valence-corrected chi connectivity index (χ4v) is 1.62. The van der Waals surface area contributed by atoms with Gasteiger partial charge in [0.2, 0.25) is 0 Å². The van der Waals surface area contributed by atoms with Crippen LogP contribution >= 0.6 is 0 Å². The molecule has 0 rings (SSSR count). The van der Waals surface area contributed by atoms with Crippen molar-refractivity contribution in [2.45, 2.75) is 39.2 Å². The van der Waals surface area contributed by atoms with Gasteiger partial charge in [0.05, 0.1) is 6.61 Å². The van der Waals surface area contributed by atoms with Crippen LogP contribution in [0.1, 0.15) is 33.1 Å². The summed E-state index contributed by atoms with van der Waals surface area (Å²) in [6.45, 7) is 2.62. The summed E-state index contributed by atoms with van der Waals surface area (Å²) in [5, 5.41) is 17.2. The zero-order chi connectivity index (χ0) is 14.0. The molecule has 0 aliphatic heterocycles. The molecule has 2 unspecified atom stereocenters. The van der Waals surface area contributed by atoms with Crippen molar-refractivity contribution in [3.63, 3.8) is 0 Å². The lowest BCUT2D eigenvalue weighted by Crippen LogP contribution is -2.32. The van der Waals surface area contributed by atoms with Gasteiger partial charge in [0.1, 0.15) is 19.3 Å². The zero-order valence-electron chi connectivity index (χ0n) is 10.9. The minimum absolute atomic E-state index is 0.0965. The summed E-state index contributed by atoms with van der Waals surface area (Å²) in [6, 6.07) is 0. The number of carbonyl (C=O) groups excluding carboxylic acids is 2. The Morgan fingerprint density at radius 2 is 1.72 bits per heavy atom. The maximum atomic E-state index is 11.1. The second-order valence-electron chi connectivity index (χ2n) is 3.98. The van der Waals surface area contributed by atoms with Gasteiger partial charge in [0.25, 0.3) is 0 Å². The number of hydrogen-bond donors (Lipinski definition) is 2. The van der Waals surface area contributed by atoms with Crippen molar-refractivity contribution in [1.82, 2.24) is 0 Å². The first-order valence-corrected chi connectivity index (χ1v) is 6.15. The third-order valence-electron chi connectivity index (χ3n) is 2.62. The van der Waals surface area contributed by atoms with Crippen LogP contribution in [0.3, 0.4) is 0 Å². The molecule has 0 aromatic heterocycles. The highest BCUT2D eigenvalue weighted by atomic mass is 16.6. The summed E-state index contributed by atoms with van der Waals surface area (Å²) < 4.78 is 9.96. The Balaban J connectivity index is 4.40. The third-order valence-corrected chi connectivity index (χ3v) is 2.62. The van der Waals surface area contributed by atoms with Gasteiger partial charge in [-0.15, -0.1) is 0 Å². The van der Waals surface area contributed by atoms with Crippen molar-refractivity contribution in [3.8, 4) is 0 Å². The Labute approximate surface area is 107 Å². The Hall–Kier alpha value is -1.14. The minimum Gasteiger partial charge on any atom is -0.464 e. The lowest BCUT2D eigenvalue weighted by atomic mass is 9.96. The Morgan fingerprint density at radius 1 is 1.11 bits per heavy atom. The van der Waals surface area contributed by atoms with E-state index in [4.69, 9.17) is 19.7 Å². The van der Waals surface area contributed by atoms with E-state index in [0.29, 0.717) is 12.8 Å². The lowest BCUT2D eigenvalue weighted by Gasteiger charge is -2.25. The molecule has 2 N–H and O–H groups in total. The molecule has 0 saturated heterocycles. The average Bonchev–Trinajstić information content (AvgIpc) is 2.38. The molecule has 0 aliphatic carbocycles. The topological polar surface area (TPSA) is 93.1 Å². The fraction of sp³-hybridized carbons (Fsp3) is 0.833. The second-order valence-corrected chi connectivity index (χ2v) is 3.98. The number of ether oxygens (including phenoxy) is 2. The van der Waals surface area contributed by atoms with E-state index in [9.17, 15) is 9.59 Å². The Bertz CT molecular complexity index is 253. The van der Waals surface area contributed by atoms with Gasteiger partial charge in [-0.05, 0) is 12.8 Å². The molecule has 0 aliphatic rings. The second kappa shape index (κ2) is 9.85. The summed E-state index contributed by atoms with van der Waals surface area (Å²) in [4.78, 5) is 22.0. The third kappa shape index (κ3) is 6.56. The SMILES string of the molecule is CCCC(OC(=O)CO)C(CC)COC(=O)CO. The molecule has 6 heteroatoms. The molecule has 0 aromatic rings. The Morgan fingerprint density at radius 3 is 2.17 bits per heavy atom. The average molecular weight is 262 g/mol. The molecular formula is C12H22O6. The maximum Gasteiger partial charge on any atom is 0.332 e. The number of aliphatic hydroxyl groups excluding tert-OH is 2. The quantitative estimate of drug-likeness (QED) is 0.579. The first-order valence-electron chi connectivity index (χ1n) is 6.15. The zero-order valence-corrected chi connectivity index (χ0v) is 10.9. The molecule has 18 heavy (non-hydrogen) atoms. The van der Waals surface area contributed by atoms with Crippen LogP contribution in [-0.2, 0) is 19.1 Å². The van der Waals surface area contributed by atoms with Gasteiger partial charge in [-0.2, -0.15) is 0 Å². The van der Waals surface area contributed by atoms with E-state index < -0.39 is 25.2 Å². The highest BCUT2D eigenvalue weighted by Crippen LogP contribution is 2.18. The molecule has 0 heterocycles. The van der Waals surface area contributed by atoms with Crippen molar-refractivity contribution in [2.24, 2.45) is 5.92 Å². The van der Waals surface area contributed by atoms with Gasteiger partial charge in [-0.3, -0.25) is 0 Å². The van der Waals surface area contributed by atoms with Crippen LogP contribution in [0.5, 0.6) is 0 Å². The van der Waals surface area contributed by atoms with Crippen LogP contribution in [0.15, 0.2) is 0 Å². The van der Waals surface area contributed by atoms with Crippen molar-refractivity contribution in [3.05, 3.63) is 0 Å². The molecule has 0 aromatic carbocycles. The molecule has 6 nitrogen and oxygen atoms in total. The number of hydrogen-bond acceptors (Lipinski definition) is 6. The largest absolute Gasteiger partial charge is 0.464 e. The molecule has 0 fully saturated rings. The lowest BCUT2D eigenvalue weighted by molar-refractivity contribution is -0.159. The van der Waals surface area contributed by atoms with E-state index in [2.05, 4.69) is 0 Å². The monoisotopic (exact) mass is 262 g/mol. The molecule has 2 atom stereocenters. The minimum atomic E-state index is -0.697. The van der Waals surface area contributed by atoms with E-state index in [1.165, 1.54) is 0 Å². The van der Waals surface area contributed by atoms with Crippen molar-refractivity contribution >= 4 is 11.9 Å². The smallest absolute Gasteiger partial charge is 0.332 e. The van der Waals surface area contributed by atoms with Crippen LogP contribution < -0.4 is 0 Å². The van der Waals surface area contributed by atoms with Gasteiger partial charge in [-0.1, -0.05) is 20.3 Å². The predicted octanol–water partition coefficient (Wildman–Crippen LogP) is 0.252. The summed E-state index contributed by atoms with van der Waals surface area (Å²) in [5.41, 5.74) is 0. The highest BCUT2D eigenvalue weighted by Gasteiger charge is 2.24. The van der Waals surface area contributed by atoms with Crippen LogP contribution in [0, 0.1) is 5.92 Å². The standard InChI is InChI=1S/C12H22O6/c1-3-5-10(18-12(16)7-14)9(4-2)8-17-11(15)6-13/h9-10,13-14H,3-8H2,1-2H3. The fourth-order valence-electron chi connectivity index (χ4n) is 1.62. The molecule has 0 bridgehead atoms. The van der Waals surface area contributed by atoms with E-state index in [1.807, 2.05) is 13.8 Å². The predicted molar refractivity (Wildman–Crippen MR) is 63.7 cm³/mol. The van der Waals surface area contributed by atoms with Crippen LogP contribution in [0.2, 0.25) is 0 Å². The van der Waals surface area contributed by atoms with E-state index >= 15 is 0 Å². The van der Waals surface area contributed by atoms with E-state index in [1.54, 1.807) is 0 Å². The summed E-state index contributed by atoms with van der Waals surface area (Å²) in [6.07, 6.45) is 1.74. The molecule has 0 radical (unpaired) electrons. The van der Waals surface area contributed by atoms with Gasteiger partial charge in [0.15, 0.2) is 0 Å². The highest BCUT2D eigenvalue weighted by molar-refractivity contribution is 5.71. The molecular weight excluding hydrogens is 240 g/mol. The molecule has 106 valence electrons. The summed E-state index contributed by atoms with van der Waals surface area (Å²) in [7, 11) is 0.